The molecule has 0 amide bonds. The molecular weight excluding hydrogens is 162 g/mol. The highest BCUT2D eigenvalue weighted by molar-refractivity contribution is 4.45. The minimum Gasteiger partial charge on any atom is -0.395 e. The van der Waals surface area contributed by atoms with Crippen LogP contribution in [0.5, 0.6) is 0 Å². The molecule has 0 bridgehead atoms. The van der Waals surface area contributed by atoms with E-state index < -0.39 is 0 Å². The van der Waals surface area contributed by atoms with Crippen molar-refractivity contribution in [3.63, 3.8) is 0 Å². The summed E-state index contributed by atoms with van der Waals surface area (Å²) in [6.07, 6.45) is 0. The molecule has 0 spiro atoms. The van der Waals surface area contributed by atoms with Gasteiger partial charge in [0.05, 0.1) is 26.4 Å². The van der Waals surface area contributed by atoms with Crippen molar-refractivity contribution >= 4 is 0 Å². The van der Waals surface area contributed by atoms with E-state index in [1.54, 1.807) is 0 Å². The zero-order valence-corrected chi connectivity index (χ0v) is 7.48. The van der Waals surface area contributed by atoms with Gasteiger partial charge < -0.3 is 25.3 Å². The highest BCUT2D eigenvalue weighted by Gasteiger charge is 1.91. The molecule has 0 saturated heterocycles. The van der Waals surface area contributed by atoms with Gasteiger partial charge in [-0.1, -0.05) is 0 Å². The van der Waals surface area contributed by atoms with E-state index >= 15 is 0 Å². The van der Waals surface area contributed by atoms with Crippen molar-refractivity contribution in [3.05, 3.63) is 0 Å². The maximum absolute atomic E-state index is 8.34. The van der Waals surface area contributed by atoms with Crippen molar-refractivity contribution in [1.82, 2.24) is 4.90 Å². The molecule has 0 unspecified atom stereocenters. The van der Waals surface area contributed by atoms with Gasteiger partial charge in [-0.2, -0.15) is 0 Å². The molecule has 0 fully saturated rings. The van der Waals surface area contributed by atoms with Gasteiger partial charge in [-0.25, -0.2) is 0 Å². The molecule has 5 heteroatoms. The number of likely N-dealkylation sites (N-methyl/N-ethyl adjacent to an activating group) is 1. The summed E-state index contributed by atoms with van der Waals surface area (Å²) in [5, 5.41) is 31.9. The van der Waals surface area contributed by atoms with Crippen molar-refractivity contribution in [2.45, 2.75) is 0 Å². The first-order chi connectivity index (χ1) is 5.72. The van der Waals surface area contributed by atoms with Crippen LogP contribution in [-0.2, 0) is 0 Å². The zero-order valence-electron chi connectivity index (χ0n) is 7.48. The van der Waals surface area contributed by atoms with Crippen LogP contribution in [0.1, 0.15) is 0 Å². The highest BCUT2D eigenvalue weighted by Crippen LogP contribution is 1.76. The van der Waals surface area contributed by atoms with Crippen LogP contribution in [-0.4, -0.2) is 71.9 Å². The number of aliphatic hydroxyl groups is 4. The van der Waals surface area contributed by atoms with Crippen LogP contribution in [0.25, 0.3) is 0 Å². The Balaban J connectivity index is 0. The summed E-state index contributed by atoms with van der Waals surface area (Å²) < 4.78 is 0. The molecule has 5 nitrogen and oxygen atoms in total. The third-order valence-corrected chi connectivity index (χ3v) is 1.06. The van der Waals surface area contributed by atoms with Gasteiger partial charge in [-0.15, -0.1) is 0 Å². The fraction of sp³-hybridized carbons (Fsp3) is 1.00. The molecule has 76 valence electrons. The third-order valence-electron chi connectivity index (χ3n) is 1.06. The molecule has 0 aromatic heterocycles. The first-order valence-electron chi connectivity index (χ1n) is 3.84. The van der Waals surface area contributed by atoms with E-state index in [-0.39, 0.29) is 26.4 Å². The summed E-state index contributed by atoms with van der Waals surface area (Å²) in [5.74, 6) is 0. The molecule has 0 rings (SSSR count). The van der Waals surface area contributed by atoms with E-state index in [0.29, 0.717) is 13.1 Å². The van der Waals surface area contributed by atoms with Crippen molar-refractivity contribution in [2.75, 3.05) is 46.6 Å². The standard InChI is InChI=1S/C5H13NO2.C2H6O2/c1-6(2-4-7)3-5-8;3-1-2-4/h7-8H,2-5H2,1H3;3-4H,1-2H2. The van der Waals surface area contributed by atoms with Crippen LogP contribution in [0.2, 0.25) is 0 Å². The average Bonchev–Trinajstić information content (AvgIpc) is 2.06. The van der Waals surface area contributed by atoms with E-state index in [0.717, 1.165) is 0 Å². The van der Waals surface area contributed by atoms with Crippen LogP contribution in [0.15, 0.2) is 0 Å². The lowest BCUT2D eigenvalue weighted by molar-refractivity contribution is 0.184. The molecule has 0 radical (unpaired) electrons. The number of hydrogen-bond acceptors (Lipinski definition) is 5. The third kappa shape index (κ3) is 16.4. The second-order valence-electron chi connectivity index (χ2n) is 2.20. The molecule has 0 atom stereocenters. The summed E-state index contributed by atoms with van der Waals surface area (Å²) in [5.41, 5.74) is 0. The lowest BCUT2D eigenvalue weighted by atomic mass is 10.5. The van der Waals surface area contributed by atoms with E-state index in [2.05, 4.69) is 0 Å². The summed E-state index contributed by atoms with van der Waals surface area (Å²) in [6.45, 7) is 1.36. The summed E-state index contributed by atoms with van der Waals surface area (Å²) in [7, 11) is 1.85. The lowest BCUT2D eigenvalue weighted by Gasteiger charge is -2.11. The maximum atomic E-state index is 8.34. The van der Waals surface area contributed by atoms with Gasteiger partial charge in [0, 0.05) is 13.1 Å². The molecule has 0 aliphatic heterocycles. The van der Waals surface area contributed by atoms with Crippen molar-refractivity contribution in [1.29, 1.82) is 0 Å². The summed E-state index contributed by atoms with van der Waals surface area (Å²) in [4.78, 5) is 1.86. The topological polar surface area (TPSA) is 84.2 Å². The molecule has 0 saturated carbocycles. The van der Waals surface area contributed by atoms with Crippen LogP contribution in [0, 0.1) is 0 Å². The van der Waals surface area contributed by atoms with Crippen LogP contribution < -0.4 is 0 Å². The van der Waals surface area contributed by atoms with Gasteiger partial charge in [0.1, 0.15) is 0 Å². The summed E-state index contributed by atoms with van der Waals surface area (Å²) >= 11 is 0. The maximum Gasteiger partial charge on any atom is 0.0662 e. The number of nitrogens with zero attached hydrogens (tertiary/aromatic N) is 1. The molecule has 0 aliphatic rings. The normalized spacial score (nSPS) is 9.50. The molecule has 0 aromatic carbocycles. The van der Waals surface area contributed by atoms with Crippen LogP contribution in [0.4, 0.5) is 0 Å². The monoisotopic (exact) mass is 181 g/mol. The molecule has 0 aromatic rings. The molecule has 0 heterocycles. The van der Waals surface area contributed by atoms with Gasteiger partial charge in [-0.3, -0.25) is 0 Å². The van der Waals surface area contributed by atoms with Crippen molar-refractivity contribution in [3.8, 4) is 0 Å². The molecular formula is C7H19NO4. The molecule has 12 heavy (non-hydrogen) atoms. The Kier molecular flexibility index (Phi) is 16.0. The Labute approximate surface area is 72.9 Å². The Bertz CT molecular complexity index is 64.4. The smallest absolute Gasteiger partial charge is 0.0662 e. The van der Waals surface area contributed by atoms with Gasteiger partial charge >= 0.3 is 0 Å². The SMILES string of the molecule is CN(CCO)CCO.OCCO. The van der Waals surface area contributed by atoms with Crippen LogP contribution in [0.3, 0.4) is 0 Å². The minimum absolute atomic E-state index is 0.125. The van der Waals surface area contributed by atoms with Gasteiger partial charge in [0.15, 0.2) is 0 Å². The van der Waals surface area contributed by atoms with Crippen LogP contribution >= 0.6 is 0 Å². The van der Waals surface area contributed by atoms with E-state index in [4.69, 9.17) is 20.4 Å². The summed E-state index contributed by atoms with van der Waals surface area (Å²) in [6, 6.07) is 0. The second kappa shape index (κ2) is 13.4. The quantitative estimate of drug-likeness (QED) is 0.389. The Morgan fingerprint density at radius 2 is 1.08 bits per heavy atom. The van der Waals surface area contributed by atoms with Crippen molar-refractivity contribution in [2.24, 2.45) is 0 Å². The number of aliphatic hydroxyl groups excluding tert-OH is 4. The van der Waals surface area contributed by atoms with E-state index in [1.165, 1.54) is 0 Å². The fourth-order valence-corrected chi connectivity index (χ4v) is 0.453. The van der Waals surface area contributed by atoms with E-state index in [9.17, 15) is 0 Å². The highest BCUT2D eigenvalue weighted by atomic mass is 16.3. The van der Waals surface area contributed by atoms with E-state index in [1.807, 2.05) is 11.9 Å². The molecule has 4 N–H and O–H groups in total. The molecule has 0 aliphatic carbocycles. The largest absolute Gasteiger partial charge is 0.395 e. The fourth-order valence-electron chi connectivity index (χ4n) is 0.453. The number of hydrogen-bond donors (Lipinski definition) is 4. The second-order valence-corrected chi connectivity index (χ2v) is 2.20. The Morgan fingerprint density at radius 1 is 0.750 bits per heavy atom. The number of rotatable bonds is 5. The van der Waals surface area contributed by atoms with Crippen molar-refractivity contribution < 1.29 is 20.4 Å². The Hall–Kier alpha value is -0.200. The predicted octanol–water partition coefficient (Wildman–Crippen LogP) is -2.13. The van der Waals surface area contributed by atoms with Gasteiger partial charge in [0.2, 0.25) is 0 Å². The minimum atomic E-state index is -0.125. The first-order valence-corrected chi connectivity index (χ1v) is 3.84. The lowest BCUT2D eigenvalue weighted by Crippen LogP contribution is -2.25. The predicted molar refractivity (Wildman–Crippen MR) is 45.8 cm³/mol. The van der Waals surface area contributed by atoms with Gasteiger partial charge in [-0.05, 0) is 7.05 Å². The first kappa shape index (κ1) is 14.3. The zero-order chi connectivity index (χ0) is 9.82. The van der Waals surface area contributed by atoms with Gasteiger partial charge in [0.25, 0.3) is 0 Å². The average molecular weight is 181 g/mol. The Morgan fingerprint density at radius 3 is 1.25 bits per heavy atom.